The molecule has 1 aromatic heterocycles. The zero-order valence-corrected chi connectivity index (χ0v) is 16.1. The Bertz CT molecular complexity index is 845. The molecule has 2 aromatic rings. The van der Waals surface area contributed by atoms with Crippen LogP contribution in [0, 0.1) is 12.3 Å². The van der Waals surface area contributed by atoms with Gasteiger partial charge in [-0.15, -0.1) is 4.68 Å². The van der Waals surface area contributed by atoms with Crippen molar-refractivity contribution >= 4 is 10.0 Å². The summed E-state index contributed by atoms with van der Waals surface area (Å²) in [4.78, 5) is 2.31. The van der Waals surface area contributed by atoms with E-state index in [1.54, 1.807) is 35.6 Å². The lowest BCUT2D eigenvalue weighted by Gasteiger charge is -2.23. The minimum atomic E-state index is -3.76. The average Bonchev–Trinajstić information content (AvgIpc) is 2.82. The van der Waals surface area contributed by atoms with Crippen molar-refractivity contribution in [3.05, 3.63) is 35.7 Å². The van der Waals surface area contributed by atoms with E-state index in [9.17, 15) is 8.42 Å². The molecular weight excluding hydrogens is 342 g/mol. The van der Waals surface area contributed by atoms with Crippen molar-refractivity contribution in [1.29, 1.82) is 0 Å². The van der Waals surface area contributed by atoms with Crippen molar-refractivity contribution in [3.63, 3.8) is 0 Å². The van der Waals surface area contributed by atoms with E-state index in [1.807, 2.05) is 27.7 Å². The molecule has 0 aliphatic heterocycles. The second-order valence-corrected chi connectivity index (χ2v) is 8.64. The van der Waals surface area contributed by atoms with Crippen LogP contribution in [0.5, 0.6) is 0 Å². The molecule has 136 valence electrons. The number of tetrazole rings is 1. The number of benzene rings is 1. The Balaban J connectivity index is 2.27. The summed E-state index contributed by atoms with van der Waals surface area (Å²) in [5, 5.41) is 15.9. The molecule has 0 saturated carbocycles. The van der Waals surface area contributed by atoms with Crippen LogP contribution >= 0.6 is 0 Å². The van der Waals surface area contributed by atoms with E-state index in [2.05, 4.69) is 25.6 Å². The first-order valence-electron chi connectivity index (χ1n) is 7.76. The van der Waals surface area contributed by atoms with Gasteiger partial charge in [0.1, 0.15) is 5.21 Å². The highest BCUT2D eigenvalue weighted by molar-refractivity contribution is 7.89. The molecule has 1 aromatic carbocycles. The number of nitrogens with zero attached hydrogens (tertiary/aromatic N) is 6. The molecular formula is C15H24N7O2S+. The van der Waals surface area contributed by atoms with Gasteiger partial charge >= 0.3 is 0 Å². The van der Waals surface area contributed by atoms with E-state index in [0.29, 0.717) is 5.82 Å². The molecule has 0 spiro atoms. The fourth-order valence-electron chi connectivity index (χ4n) is 2.29. The summed E-state index contributed by atoms with van der Waals surface area (Å²) in [6.07, 6.45) is 0. The number of hydrogen-bond acceptors (Lipinski definition) is 6. The molecule has 0 saturated heterocycles. The van der Waals surface area contributed by atoms with Gasteiger partial charge in [-0.25, -0.2) is 0 Å². The lowest BCUT2D eigenvalue weighted by molar-refractivity contribution is -0.740. The van der Waals surface area contributed by atoms with Gasteiger partial charge in [-0.05, 0) is 24.5 Å². The maximum atomic E-state index is 12.3. The monoisotopic (exact) mass is 366 g/mol. The van der Waals surface area contributed by atoms with Gasteiger partial charge in [0.25, 0.3) is 15.8 Å². The van der Waals surface area contributed by atoms with Gasteiger partial charge in [0.2, 0.25) is 0 Å². The van der Waals surface area contributed by atoms with Crippen molar-refractivity contribution in [1.82, 2.24) is 19.9 Å². The Morgan fingerprint density at radius 3 is 2.32 bits per heavy atom. The van der Waals surface area contributed by atoms with Gasteiger partial charge in [-0.1, -0.05) is 48.4 Å². The van der Waals surface area contributed by atoms with E-state index in [1.165, 1.54) is 12.1 Å². The largest absolute Gasteiger partial charge is 0.283 e. The van der Waals surface area contributed by atoms with Crippen LogP contribution in [0.2, 0.25) is 0 Å². The maximum Gasteiger partial charge on any atom is 0.283 e. The Hall–Kier alpha value is -2.36. The molecule has 2 rings (SSSR count). The highest BCUT2D eigenvalue weighted by Gasteiger charge is 2.36. The average molecular weight is 366 g/mol. The molecule has 0 radical (unpaired) electrons. The lowest BCUT2D eigenvalue weighted by atomic mass is 9.87. The van der Waals surface area contributed by atoms with Crippen molar-refractivity contribution in [2.24, 2.45) is 29.8 Å². The Kier molecular flexibility index (Phi) is 5.21. The van der Waals surface area contributed by atoms with Crippen molar-refractivity contribution in [2.75, 3.05) is 0 Å². The summed E-state index contributed by atoms with van der Waals surface area (Å²) < 4.78 is 27.8. The molecule has 1 unspecified atom stereocenters. The minimum absolute atomic E-state index is 0.136. The number of aromatic nitrogens is 4. The molecule has 25 heavy (non-hydrogen) atoms. The van der Waals surface area contributed by atoms with Crippen molar-refractivity contribution in [3.8, 4) is 0 Å². The van der Waals surface area contributed by atoms with Gasteiger partial charge < -0.3 is 0 Å². The third-order valence-corrected chi connectivity index (χ3v) is 4.92. The minimum Gasteiger partial charge on any atom is -0.200 e. The van der Waals surface area contributed by atoms with Gasteiger partial charge in [0.15, 0.2) is 11.3 Å². The highest BCUT2D eigenvalue weighted by atomic mass is 32.2. The van der Waals surface area contributed by atoms with Crippen molar-refractivity contribution in [2.45, 2.75) is 38.6 Å². The van der Waals surface area contributed by atoms with E-state index < -0.39 is 16.1 Å². The normalized spacial score (nSPS) is 14.0. The van der Waals surface area contributed by atoms with Crippen LogP contribution in [0.3, 0.4) is 0 Å². The van der Waals surface area contributed by atoms with E-state index >= 15 is 0 Å². The van der Waals surface area contributed by atoms with E-state index in [4.69, 9.17) is 0 Å². The SMILES string of the molecule is Cc1ccc(S(=O)(=O)NN=NC(c2n(C)nn[n+]2C)C(C)(C)C)cc1. The van der Waals surface area contributed by atoms with E-state index in [-0.39, 0.29) is 10.3 Å². The Morgan fingerprint density at radius 2 is 1.84 bits per heavy atom. The summed E-state index contributed by atoms with van der Waals surface area (Å²) >= 11 is 0. The zero-order valence-electron chi connectivity index (χ0n) is 15.3. The lowest BCUT2D eigenvalue weighted by Crippen LogP contribution is -2.39. The van der Waals surface area contributed by atoms with Gasteiger partial charge in [-0.2, -0.15) is 18.4 Å². The van der Waals surface area contributed by atoms with Crippen LogP contribution in [0.4, 0.5) is 0 Å². The first-order valence-corrected chi connectivity index (χ1v) is 9.25. The third-order valence-electron chi connectivity index (χ3n) is 3.70. The fraction of sp³-hybridized carbons (Fsp3) is 0.533. The Morgan fingerprint density at radius 1 is 1.24 bits per heavy atom. The molecule has 10 heteroatoms. The number of hydrogen-bond donors (Lipinski definition) is 1. The Labute approximate surface area is 147 Å². The van der Waals surface area contributed by atoms with Gasteiger partial charge in [0, 0.05) is 0 Å². The molecule has 1 atom stereocenters. The zero-order chi connectivity index (χ0) is 18.8. The van der Waals surface area contributed by atoms with Crippen LogP contribution < -0.4 is 9.51 Å². The van der Waals surface area contributed by atoms with Crippen LogP contribution in [0.25, 0.3) is 0 Å². The molecule has 0 aliphatic rings. The highest BCUT2D eigenvalue weighted by Crippen LogP contribution is 2.34. The van der Waals surface area contributed by atoms with Crippen LogP contribution in [0.15, 0.2) is 39.5 Å². The molecule has 0 bridgehead atoms. The summed E-state index contributed by atoms with van der Waals surface area (Å²) in [5.41, 5.74) is 0.663. The maximum absolute atomic E-state index is 12.3. The summed E-state index contributed by atoms with van der Waals surface area (Å²) in [6.45, 7) is 7.84. The van der Waals surface area contributed by atoms with Crippen LogP contribution in [-0.4, -0.2) is 23.5 Å². The quantitative estimate of drug-likeness (QED) is 0.490. The van der Waals surface area contributed by atoms with Crippen LogP contribution in [0.1, 0.15) is 38.2 Å². The number of sulfonamides is 1. The second-order valence-electron chi connectivity index (χ2n) is 6.98. The van der Waals surface area contributed by atoms with Crippen LogP contribution in [-0.2, 0) is 24.1 Å². The second kappa shape index (κ2) is 6.87. The standard InChI is InChI=1S/C15H24N7O2S/c1-11-7-9-12(10-8-11)25(23,24)20-17-16-13(15(2,3)4)14-21(5)18-19-22(14)6/h7-10,13H,1-6H3,(H,16,20)/q+1. The molecule has 9 nitrogen and oxygen atoms in total. The topological polar surface area (TPSA) is 105 Å². The summed E-state index contributed by atoms with van der Waals surface area (Å²) in [7, 11) is -0.249. The van der Waals surface area contributed by atoms with Gasteiger partial charge in [-0.3, -0.25) is 0 Å². The number of nitrogens with one attached hydrogen (secondary N) is 1. The van der Waals surface area contributed by atoms with E-state index in [0.717, 1.165) is 5.56 Å². The summed E-state index contributed by atoms with van der Waals surface area (Å²) in [5.74, 6) is 0.714. The first-order chi connectivity index (χ1) is 11.5. The molecule has 0 amide bonds. The third kappa shape index (κ3) is 4.38. The smallest absolute Gasteiger partial charge is 0.200 e. The predicted molar refractivity (Wildman–Crippen MR) is 90.7 cm³/mol. The number of aryl methyl sites for hydroxylation is 3. The molecule has 0 fully saturated rings. The first kappa shape index (κ1) is 19.0. The fourth-order valence-corrected chi connectivity index (χ4v) is 3.05. The summed E-state index contributed by atoms with van der Waals surface area (Å²) in [6, 6.07) is 6.08. The van der Waals surface area contributed by atoms with Gasteiger partial charge in [0.05, 0.1) is 19.0 Å². The predicted octanol–water partition coefficient (Wildman–Crippen LogP) is 1.38. The molecule has 1 heterocycles. The van der Waals surface area contributed by atoms with Crippen molar-refractivity contribution < 1.29 is 13.1 Å². The molecule has 1 N–H and O–H groups in total. The molecule has 0 aliphatic carbocycles. The number of rotatable bonds is 5.